The Morgan fingerprint density at radius 1 is 1.28 bits per heavy atom. The van der Waals surface area contributed by atoms with E-state index in [1.165, 1.54) is 20.4 Å². The highest BCUT2D eigenvalue weighted by atomic mass is 16.5. The van der Waals surface area contributed by atoms with Crippen LogP contribution in [-0.4, -0.2) is 41.5 Å². The molecule has 0 aliphatic rings. The number of methoxy groups -OCH3 is 2. The SMILES string of the molecule is COc1ccc(C=NNC(=O)CCc2n[nH]c(=O)[nH]c2=O)cc1OC. The molecule has 1 amide bonds. The number of hydrogen-bond acceptors (Lipinski definition) is 7. The highest BCUT2D eigenvalue weighted by Gasteiger charge is 2.07. The van der Waals surface area contributed by atoms with Crippen molar-refractivity contribution >= 4 is 12.1 Å². The Hall–Kier alpha value is -3.43. The molecule has 10 nitrogen and oxygen atoms in total. The van der Waals surface area contributed by atoms with Crippen LogP contribution in [0.25, 0.3) is 0 Å². The predicted molar refractivity (Wildman–Crippen MR) is 89.1 cm³/mol. The zero-order valence-electron chi connectivity index (χ0n) is 13.7. The average Bonchev–Trinajstić information content (AvgIpc) is 2.60. The van der Waals surface area contributed by atoms with E-state index < -0.39 is 17.2 Å². The van der Waals surface area contributed by atoms with Gasteiger partial charge in [-0.2, -0.15) is 10.2 Å². The molecule has 25 heavy (non-hydrogen) atoms. The Morgan fingerprint density at radius 3 is 2.72 bits per heavy atom. The van der Waals surface area contributed by atoms with Crippen molar-refractivity contribution in [2.24, 2.45) is 5.10 Å². The van der Waals surface area contributed by atoms with E-state index >= 15 is 0 Å². The minimum atomic E-state index is -0.697. The summed E-state index contributed by atoms with van der Waals surface area (Å²) in [7, 11) is 3.06. The molecule has 0 saturated heterocycles. The number of aryl methyl sites for hydroxylation is 1. The number of benzene rings is 1. The van der Waals surface area contributed by atoms with E-state index in [1.54, 1.807) is 18.2 Å². The lowest BCUT2D eigenvalue weighted by molar-refractivity contribution is -0.121. The minimum absolute atomic E-state index is 0.00853. The van der Waals surface area contributed by atoms with Crippen LogP contribution in [0.15, 0.2) is 32.9 Å². The second kappa shape index (κ2) is 8.43. The first-order valence-electron chi connectivity index (χ1n) is 7.25. The van der Waals surface area contributed by atoms with Crippen LogP contribution in [0, 0.1) is 0 Å². The molecular formula is C15H17N5O5. The number of H-pyrrole nitrogens is 2. The summed E-state index contributed by atoms with van der Waals surface area (Å²) in [5.74, 6) is 0.729. The Bertz CT molecular complexity index is 886. The smallest absolute Gasteiger partial charge is 0.342 e. The van der Waals surface area contributed by atoms with E-state index in [4.69, 9.17) is 9.47 Å². The normalized spacial score (nSPS) is 10.6. The van der Waals surface area contributed by atoms with E-state index in [9.17, 15) is 14.4 Å². The lowest BCUT2D eigenvalue weighted by Crippen LogP contribution is -2.28. The second-order valence-electron chi connectivity index (χ2n) is 4.86. The summed E-state index contributed by atoms with van der Waals surface area (Å²) < 4.78 is 10.3. The zero-order chi connectivity index (χ0) is 18.2. The average molecular weight is 347 g/mol. The van der Waals surface area contributed by atoms with Crippen LogP contribution < -0.4 is 26.1 Å². The van der Waals surface area contributed by atoms with Gasteiger partial charge < -0.3 is 9.47 Å². The molecule has 132 valence electrons. The summed E-state index contributed by atoms with van der Waals surface area (Å²) >= 11 is 0. The monoisotopic (exact) mass is 347 g/mol. The van der Waals surface area contributed by atoms with Gasteiger partial charge in [-0.05, 0) is 23.8 Å². The molecule has 0 radical (unpaired) electrons. The number of aromatic amines is 2. The maximum absolute atomic E-state index is 11.7. The Kier molecular flexibility index (Phi) is 6.04. The van der Waals surface area contributed by atoms with Gasteiger partial charge in [-0.15, -0.1) is 0 Å². The van der Waals surface area contributed by atoms with E-state index in [1.807, 2.05) is 4.98 Å². The number of hydrogen-bond donors (Lipinski definition) is 3. The summed E-state index contributed by atoms with van der Waals surface area (Å²) in [6.07, 6.45) is 1.51. The number of carbonyl (C=O) groups is 1. The summed E-state index contributed by atoms with van der Waals surface area (Å²) in [6.45, 7) is 0. The number of carbonyl (C=O) groups excluding carboxylic acids is 1. The molecule has 0 aliphatic carbocycles. The molecule has 0 atom stereocenters. The lowest BCUT2D eigenvalue weighted by Gasteiger charge is -2.07. The Morgan fingerprint density at radius 2 is 2.04 bits per heavy atom. The van der Waals surface area contributed by atoms with Crippen molar-refractivity contribution in [3.05, 3.63) is 50.3 Å². The van der Waals surface area contributed by atoms with Crippen LogP contribution >= 0.6 is 0 Å². The summed E-state index contributed by atoms with van der Waals surface area (Å²) in [4.78, 5) is 36.1. The van der Waals surface area contributed by atoms with Gasteiger partial charge in [-0.25, -0.2) is 15.3 Å². The minimum Gasteiger partial charge on any atom is -0.493 e. The van der Waals surface area contributed by atoms with E-state index in [0.29, 0.717) is 17.1 Å². The van der Waals surface area contributed by atoms with E-state index in [-0.39, 0.29) is 18.5 Å². The molecule has 10 heteroatoms. The molecule has 0 aliphatic heterocycles. The maximum Gasteiger partial charge on any atom is 0.342 e. The first kappa shape index (κ1) is 17.9. The number of ether oxygens (including phenoxy) is 2. The Labute approximate surface area is 141 Å². The van der Waals surface area contributed by atoms with Crippen molar-refractivity contribution in [2.75, 3.05) is 14.2 Å². The zero-order valence-corrected chi connectivity index (χ0v) is 13.7. The molecule has 2 rings (SSSR count). The number of hydrazone groups is 1. The van der Waals surface area contributed by atoms with Gasteiger partial charge in [-0.1, -0.05) is 0 Å². The van der Waals surface area contributed by atoms with Crippen molar-refractivity contribution in [1.29, 1.82) is 0 Å². The summed E-state index contributed by atoms with van der Waals surface area (Å²) in [5, 5.41) is 9.53. The first-order chi connectivity index (χ1) is 12.0. The van der Waals surface area contributed by atoms with E-state index in [0.717, 1.165) is 0 Å². The summed E-state index contributed by atoms with van der Waals surface area (Å²) in [5.41, 5.74) is 1.80. The third-order valence-corrected chi connectivity index (χ3v) is 3.18. The topological polar surface area (TPSA) is 139 Å². The molecule has 1 heterocycles. The molecule has 1 aromatic heterocycles. The quantitative estimate of drug-likeness (QED) is 0.458. The third kappa shape index (κ3) is 5.03. The molecule has 3 N–H and O–H groups in total. The lowest BCUT2D eigenvalue weighted by atomic mass is 10.2. The highest BCUT2D eigenvalue weighted by molar-refractivity contribution is 5.83. The number of nitrogens with one attached hydrogen (secondary N) is 3. The van der Waals surface area contributed by atoms with Gasteiger partial charge >= 0.3 is 5.69 Å². The highest BCUT2D eigenvalue weighted by Crippen LogP contribution is 2.26. The van der Waals surface area contributed by atoms with Crippen molar-refractivity contribution in [3.8, 4) is 11.5 Å². The molecule has 0 saturated carbocycles. The van der Waals surface area contributed by atoms with Gasteiger partial charge in [0.1, 0.15) is 5.69 Å². The summed E-state index contributed by atoms with van der Waals surface area (Å²) in [6, 6.07) is 5.18. The number of amides is 1. The van der Waals surface area contributed by atoms with Crippen LogP contribution in [0.3, 0.4) is 0 Å². The maximum atomic E-state index is 11.7. The van der Waals surface area contributed by atoms with E-state index in [2.05, 4.69) is 20.7 Å². The van der Waals surface area contributed by atoms with Crippen molar-refractivity contribution in [1.82, 2.24) is 20.6 Å². The van der Waals surface area contributed by atoms with Crippen LogP contribution in [0.2, 0.25) is 0 Å². The van der Waals surface area contributed by atoms with Gasteiger partial charge in [0.05, 0.1) is 20.4 Å². The van der Waals surface area contributed by atoms with Gasteiger partial charge in [0.15, 0.2) is 11.5 Å². The molecule has 0 bridgehead atoms. The predicted octanol–water partition coefficient (Wildman–Crippen LogP) is -0.442. The standard InChI is InChI=1S/C15H17N5O5/c1-24-11-5-3-9(7-12(11)25-2)8-16-19-13(21)6-4-10-14(22)17-15(23)20-18-10/h3,5,7-8H,4,6H2,1-2H3,(H,19,21)(H2,17,20,22,23). The van der Waals surface area contributed by atoms with Crippen LogP contribution in [0.4, 0.5) is 0 Å². The van der Waals surface area contributed by atoms with Crippen LogP contribution in [0.5, 0.6) is 11.5 Å². The Balaban J connectivity index is 1.90. The fraction of sp³-hybridized carbons (Fsp3) is 0.267. The van der Waals surface area contributed by atoms with Crippen molar-refractivity contribution < 1.29 is 14.3 Å². The molecule has 0 fully saturated rings. The van der Waals surface area contributed by atoms with Crippen LogP contribution in [0.1, 0.15) is 17.7 Å². The fourth-order valence-corrected chi connectivity index (χ4v) is 1.94. The molecule has 0 unspecified atom stereocenters. The molecular weight excluding hydrogens is 330 g/mol. The van der Waals surface area contributed by atoms with Gasteiger partial charge in [0, 0.05) is 12.8 Å². The molecule has 0 spiro atoms. The van der Waals surface area contributed by atoms with Gasteiger partial charge in [0.2, 0.25) is 5.91 Å². The van der Waals surface area contributed by atoms with Gasteiger partial charge in [-0.3, -0.25) is 14.6 Å². The largest absolute Gasteiger partial charge is 0.493 e. The third-order valence-electron chi connectivity index (χ3n) is 3.18. The fourth-order valence-electron chi connectivity index (χ4n) is 1.94. The second-order valence-corrected chi connectivity index (χ2v) is 4.86. The first-order valence-corrected chi connectivity index (χ1v) is 7.25. The van der Waals surface area contributed by atoms with Crippen molar-refractivity contribution in [2.45, 2.75) is 12.8 Å². The molecule has 2 aromatic rings. The number of aromatic nitrogens is 3. The number of rotatable bonds is 7. The number of nitrogens with zero attached hydrogens (tertiary/aromatic N) is 2. The van der Waals surface area contributed by atoms with Crippen LogP contribution in [-0.2, 0) is 11.2 Å². The van der Waals surface area contributed by atoms with Gasteiger partial charge in [0.25, 0.3) is 5.56 Å². The van der Waals surface area contributed by atoms with Crippen molar-refractivity contribution in [3.63, 3.8) is 0 Å². The molecule has 1 aromatic carbocycles.